The van der Waals surface area contributed by atoms with E-state index in [1.165, 1.54) is 24.0 Å². The predicted octanol–water partition coefficient (Wildman–Crippen LogP) is 2.97. The van der Waals surface area contributed by atoms with Gasteiger partial charge >= 0.3 is 0 Å². The summed E-state index contributed by atoms with van der Waals surface area (Å²) in [4.78, 5) is 0. The van der Waals surface area contributed by atoms with Crippen molar-refractivity contribution in [1.82, 2.24) is 5.32 Å². The van der Waals surface area contributed by atoms with Crippen LogP contribution in [0, 0.1) is 0 Å². The number of hydrogen-bond acceptors (Lipinski definition) is 3. The number of aryl methyl sites for hydroxylation is 1. The van der Waals surface area contributed by atoms with Gasteiger partial charge in [-0.15, -0.1) is 0 Å². The normalized spacial score (nSPS) is 24.4. The van der Waals surface area contributed by atoms with E-state index in [0.29, 0.717) is 12.6 Å². The fourth-order valence-corrected chi connectivity index (χ4v) is 3.56. The van der Waals surface area contributed by atoms with Crippen LogP contribution in [-0.2, 0) is 6.42 Å². The van der Waals surface area contributed by atoms with Crippen molar-refractivity contribution in [2.45, 2.75) is 56.6 Å². The molecule has 110 valence electrons. The predicted molar refractivity (Wildman–Crippen MR) is 80.1 cm³/mol. The Morgan fingerprint density at radius 1 is 1.30 bits per heavy atom. The van der Waals surface area contributed by atoms with E-state index in [0.717, 1.165) is 37.9 Å². The second-order valence-electron chi connectivity index (χ2n) is 6.31. The number of hydrogen-bond donors (Lipinski definition) is 2. The summed E-state index contributed by atoms with van der Waals surface area (Å²) in [5.41, 5.74) is 2.18. The zero-order valence-electron chi connectivity index (χ0n) is 12.3. The van der Waals surface area contributed by atoms with Crippen LogP contribution >= 0.6 is 0 Å². The maximum atomic E-state index is 10.5. The van der Waals surface area contributed by atoms with Gasteiger partial charge in [0.25, 0.3) is 0 Å². The lowest BCUT2D eigenvalue weighted by Crippen LogP contribution is -2.37. The van der Waals surface area contributed by atoms with Gasteiger partial charge in [0, 0.05) is 6.04 Å². The highest BCUT2D eigenvalue weighted by atomic mass is 16.5. The first-order valence-corrected chi connectivity index (χ1v) is 7.85. The molecule has 3 heteroatoms. The van der Waals surface area contributed by atoms with Gasteiger partial charge in [0.1, 0.15) is 12.4 Å². The Morgan fingerprint density at radius 3 is 2.85 bits per heavy atom. The first-order valence-electron chi connectivity index (χ1n) is 7.85. The smallest absolute Gasteiger partial charge is 0.119 e. The molecular weight excluding hydrogens is 250 g/mol. The summed E-state index contributed by atoms with van der Waals surface area (Å²) >= 11 is 0. The van der Waals surface area contributed by atoms with Crippen molar-refractivity contribution in [2.24, 2.45) is 0 Å². The van der Waals surface area contributed by atoms with Crippen molar-refractivity contribution < 1.29 is 9.84 Å². The van der Waals surface area contributed by atoms with Crippen LogP contribution in [0.2, 0.25) is 0 Å². The van der Waals surface area contributed by atoms with E-state index >= 15 is 0 Å². The molecule has 0 aromatic heterocycles. The summed E-state index contributed by atoms with van der Waals surface area (Å²) < 4.78 is 5.87. The summed E-state index contributed by atoms with van der Waals surface area (Å²) in [6, 6.07) is 6.85. The molecule has 0 amide bonds. The minimum Gasteiger partial charge on any atom is -0.491 e. The van der Waals surface area contributed by atoms with Crippen LogP contribution in [0.15, 0.2) is 18.2 Å². The van der Waals surface area contributed by atoms with Crippen molar-refractivity contribution in [3.05, 3.63) is 29.3 Å². The first kappa shape index (κ1) is 13.9. The molecule has 1 aromatic carbocycles. The van der Waals surface area contributed by atoms with Gasteiger partial charge in [-0.05, 0) is 56.0 Å². The number of rotatable bonds is 4. The van der Waals surface area contributed by atoms with E-state index < -0.39 is 5.60 Å². The van der Waals surface area contributed by atoms with E-state index in [-0.39, 0.29) is 0 Å². The molecule has 3 nitrogen and oxygen atoms in total. The summed E-state index contributed by atoms with van der Waals surface area (Å²) in [5, 5.41) is 13.8. The third kappa shape index (κ3) is 2.84. The lowest BCUT2D eigenvalue weighted by atomic mass is 9.85. The van der Waals surface area contributed by atoms with Crippen molar-refractivity contribution >= 4 is 0 Å². The van der Waals surface area contributed by atoms with Crippen LogP contribution in [-0.4, -0.2) is 24.4 Å². The fourth-order valence-electron chi connectivity index (χ4n) is 3.56. The standard InChI is InChI=1S/C17H25NO2/c1-18-16-8-5-13-11-14(6-7-15(13)16)20-12-17(19)9-3-2-4-10-17/h6-7,11,16,18-19H,2-5,8-10,12H2,1H3. The van der Waals surface area contributed by atoms with Crippen molar-refractivity contribution in [1.29, 1.82) is 0 Å². The number of aliphatic hydroxyl groups is 1. The molecule has 0 spiro atoms. The summed E-state index contributed by atoms with van der Waals surface area (Å²) in [6.07, 6.45) is 7.51. The molecule has 2 aliphatic carbocycles. The summed E-state index contributed by atoms with van der Waals surface area (Å²) in [6.45, 7) is 0.432. The topological polar surface area (TPSA) is 41.5 Å². The van der Waals surface area contributed by atoms with Crippen molar-refractivity contribution in [3.8, 4) is 5.75 Å². The van der Waals surface area contributed by atoms with Crippen LogP contribution in [0.5, 0.6) is 5.75 Å². The second kappa shape index (κ2) is 5.74. The van der Waals surface area contributed by atoms with Gasteiger partial charge in [-0.2, -0.15) is 0 Å². The van der Waals surface area contributed by atoms with Crippen LogP contribution in [0.25, 0.3) is 0 Å². The van der Waals surface area contributed by atoms with Crippen molar-refractivity contribution in [3.63, 3.8) is 0 Å². The second-order valence-corrected chi connectivity index (χ2v) is 6.31. The average molecular weight is 275 g/mol. The molecule has 20 heavy (non-hydrogen) atoms. The van der Waals surface area contributed by atoms with Gasteiger partial charge in [0.05, 0.1) is 5.60 Å². The number of nitrogens with one attached hydrogen (secondary N) is 1. The molecular formula is C17H25NO2. The Balaban J connectivity index is 1.64. The van der Waals surface area contributed by atoms with E-state index in [1.54, 1.807) is 0 Å². The minimum atomic E-state index is -0.606. The molecule has 0 heterocycles. The average Bonchev–Trinajstić information content (AvgIpc) is 2.88. The highest BCUT2D eigenvalue weighted by molar-refractivity contribution is 5.40. The number of ether oxygens (including phenoxy) is 1. The van der Waals surface area contributed by atoms with Gasteiger partial charge in [0.2, 0.25) is 0 Å². The molecule has 0 bridgehead atoms. The Hall–Kier alpha value is -1.06. The molecule has 2 N–H and O–H groups in total. The van der Waals surface area contributed by atoms with Gasteiger partial charge in [0.15, 0.2) is 0 Å². The fraction of sp³-hybridized carbons (Fsp3) is 0.647. The van der Waals surface area contributed by atoms with Crippen LogP contribution in [0.3, 0.4) is 0 Å². The van der Waals surface area contributed by atoms with E-state index in [9.17, 15) is 5.11 Å². The third-order valence-corrected chi connectivity index (χ3v) is 4.83. The maximum absolute atomic E-state index is 10.5. The number of fused-ring (bicyclic) bond motifs is 1. The zero-order valence-corrected chi connectivity index (χ0v) is 12.3. The highest BCUT2D eigenvalue weighted by Crippen LogP contribution is 2.34. The monoisotopic (exact) mass is 275 g/mol. The third-order valence-electron chi connectivity index (χ3n) is 4.83. The molecule has 1 fully saturated rings. The Kier molecular flexibility index (Phi) is 3.99. The van der Waals surface area contributed by atoms with E-state index in [1.807, 2.05) is 13.1 Å². The van der Waals surface area contributed by atoms with Gasteiger partial charge < -0.3 is 15.2 Å². The lowest BCUT2D eigenvalue weighted by Gasteiger charge is -2.31. The van der Waals surface area contributed by atoms with Crippen molar-refractivity contribution in [2.75, 3.05) is 13.7 Å². The Morgan fingerprint density at radius 2 is 2.10 bits per heavy atom. The molecule has 1 unspecified atom stereocenters. The first-order chi connectivity index (χ1) is 9.70. The molecule has 1 saturated carbocycles. The Bertz CT molecular complexity index is 466. The van der Waals surface area contributed by atoms with Crippen LogP contribution < -0.4 is 10.1 Å². The zero-order chi connectivity index (χ0) is 14.0. The van der Waals surface area contributed by atoms with Crippen LogP contribution in [0.1, 0.15) is 55.7 Å². The van der Waals surface area contributed by atoms with Crippen LogP contribution in [0.4, 0.5) is 0 Å². The van der Waals surface area contributed by atoms with E-state index in [4.69, 9.17) is 4.74 Å². The molecule has 0 saturated heterocycles. The molecule has 0 radical (unpaired) electrons. The number of benzene rings is 1. The molecule has 3 rings (SSSR count). The summed E-state index contributed by atoms with van der Waals surface area (Å²) in [7, 11) is 2.02. The molecule has 1 atom stereocenters. The molecule has 1 aromatic rings. The Labute approximate surface area is 121 Å². The van der Waals surface area contributed by atoms with Gasteiger partial charge in [-0.3, -0.25) is 0 Å². The van der Waals surface area contributed by atoms with Gasteiger partial charge in [-0.25, -0.2) is 0 Å². The summed E-state index contributed by atoms with van der Waals surface area (Å²) in [5.74, 6) is 0.902. The minimum absolute atomic E-state index is 0.432. The maximum Gasteiger partial charge on any atom is 0.119 e. The quantitative estimate of drug-likeness (QED) is 0.887. The highest BCUT2D eigenvalue weighted by Gasteiger charge is 2.30. The largest absolute Gasteiger partial charge is 0.491 e. The van der Waals surface area contributed by atoms with E-state index in [2.05, 4.69) is 17.4 Å². The molecule has 0 aliphatic heterocycles. The molecule has 2 aliphatic rings. The lowest BCUT2D eigenvalue weighted by molar-refractivity contribution is -0.0339. The SMILES string of the molecule is CNC1CCc2cc(OCC3(O)CCCCC3)ccc21. The van der Waals surface area contributed by atoms with Gasteiger partial charge in [-0.1, -0.05) is 25.3 Å².